The number of nitrogens with one attached hydrogen (secondary N) is 1. The molecule has 1 saturated carbocycles. The molecule has 1 heterocycles. The van der Waals surface area contributed by atoms with E-state index in [2.05, 4.69) is 33.0 Å². The second-order valence-corrected chi connectivity index (χ2v) is 7.35. The van der Waals surface area contributed by atoms with E-state index in [1.54, 1.807) is 0 Å². The molecule has 1 N–H and O–H groups in total. The van der Waals surface area contributed by atoms with E-state index in [0.29, 0.717) is 18.3 Å². The summed E-state index contributed by atoms with van der Waals surface area (Å²) in [7, 11) is 0. The average Bonchev–Trinajstić information content (AvgIpc) is 2.29. The maximum absolute atomic E-state index is 6.54. The first kappa shape index (κ1) is 16.3. The highest BCUT2D eigenvalue weighted by molar-refractivity contribution is 4.92. The van der Waals surface area contributed by atoms with Crippen LogP contribution in [0.5, 0.6) is 0 Å². The molecule has 2 rings (SSSR count). The third-order valence-electron chi connectivity index (χ3n) is 4.65. The van der Waals surface area contributed by atoms with Crippen LogP contribution in [-0.2, 0) is 9.47 Å². The minimum atomic E-state index is 0.172. The lowest BCUT2D eigenvalue weighted by Gasteiger charge is -2.46. The zero-order valence-corrected chi connectivity index (χ0v) is 13.8. The molecule has 0 spiro atoms. The average molecular weight is 283 g/mol. The van der Waals surface area contributed by atoms with Crippen LogP contribution in [0.3, 0.4) is 0 Å². The Balaban J connectivity index is 1.75. The van der Waals surface area contributed by atoms with E-state index in [9.17, 15) is 0 Å². The first-order valence-corrected chi connectivity index (χ1v) is 8.53. The number of hydrogen-bond donors (Lipinski definition) is 1. The van der Waals surface area contributed by atoms with Gasteiger partial charge in [0.25, 0.3) is 0 Å². The summed E-state index contributed by atoms with van der Waals surface area (Å²) in [4.78, 5) is 0. The first-order chi connectivity index (χ1) is 9.49. The Hall–Kier alpha value is -0.120. The Morgan fingerprint density at radius 3 is 2.35 bits per heavy atom. The van der Waals surface area contributed by atoms with Crippen molar-refractivity contribution in [3.63, 3.8) is 0 Å². The normalized spacial score (nSPS) is 33.1. The fourth-order valence-corrected chi connectivity index (χ4v) is 3.50. The Kier molecular flexibility index (Phi) is 5.88. The summed E-state index contributed by atoms with van der Waals surface area (Å²) >= 11 is 0. The maximum atomic E-state index is 6.54. The predicted molar refractivity (Wildman–Crippen MR) is 83.0 cm³/mol. The zero-order valence-electron chi connectivity index (χ0n) is 13.8. The van der Waals surface area contributed by atoms with Gasteiger partial charge >= 0.3 is 0 Å². The second kappa shape index (κ2) is 7.24. The van der Waals surface area contributed by atoms with Gasteiger partial charge in [-0.25, -0.2) is 0 Å². The largest absolute Gasteiger partial charge is 0.375 e. The van der Waals surface area contributed by atoms with Crippen LogP contribution >= 0.6 is 0 Å². The quantitative estimate of drug-likeness (QED) is 0.725. The summed E-state index contributed by atoms with van der Waals surface area (Å²) in [5.41, 5.74) is 0.172. The van der Waals surface area contributed by atoms with Crippen LogP contribution in [0, 0.1) is 5.92 Å². The van der Waals surface area contributed by atoms with Crippen LogP contribution < -0.4 is 5.32 Å². The Morgan fingerprint density at radius 2 is 1.85 bits per heavy atom. The maximum Gasteiger partial charge on any atom is 0.0698 e. The third kappa shape index (κ3) is 4.71. The van der Waals surface area contributed by atoms with Crippen molar-refractivity contribution in [1.29, 1.82) is 0 Å². The van der Waals surface area contributed by atoms with Gasteiger partial charge in [-0.1, -0.05) is 13.8 Å². The Bertz CT molecular complexity index is 279. The molecule has 1 saturated heterocycles. The van der Waals surface area contributed by atoms with Gasteiger partial charge in [-0.2, -0.15) is 0 Å². The molecule has 3 heteroatoms. The fourth-order valence-electron chi connectivity index (χ4n) is 3.50. The summed E-state index contributed by atoms with van der Waals surface area (Å²) in [5, 5.41) is 3.56. The van der Waals surface area contributed by atoms with Crippen molar-refractivity contribution in [3.05, 3.63) is 0 Å². The van der Waals surface area contributed by atoms with Gasteiger partial charge in [0.15, 0.2) is 0 Å². The van der Waals surface area contributed by atoms with Gasteiger partial charge in [-0.15, -0.1) is 0 Å². The van der Waals surface area contributed by atoms with E-state index < -0.39 is 0 Å². The van der Waals surface area contributed by atoms with Gasteiger partial charge in [-0.3, -0.25) is 0 Å². The van der Waals surface area contributed by atoms with E-state index >= 15 is 0 Å². The highest BCUT2D eigenvalue weighted by Gasteiger charge is 2.41. The van der Waals surface area contributed by atoms with E-state index in [-0.39, 0.29) is 5.60 Å². The van der Waals surface area contributed by atoms with Gasteiger partial charge in [0.05, 0.1) is 23.9 Å². The molecular weight excluding hydrogens is 250 g/mol. The number of hydrogen-bond acceptors (Lipinski definition) is 3. The molecule has 20 heavy (non-hydrogen) atoms. The van der Waals surface area contributed by atoms with Crippen LogP contribution in [0.15, 0.2) is 0 Å². The Labute approximate surface area is 124 Å². The molecule has 1 aliphatic heterocycles. The second-order valence-electron chi connectivity index (χ2n) is 7.35. The smallest absolute Gasteiger partial charge is 0.0698 e. The summed E-state index contributed by atoms with van der Waals surface area (Å²) in [6.45, 7) is 11.1. The molecule has 3 nitrogen and oxygen atoms in total. The lowest BCUT2D eigenvalue weighted by atomic mass is 9.77. The number of rotatable bonds is 7. The topological polar surface area (TPSA) is 30.5 Å². The molecule has 2 fully saturated rings. The minimum Gasteiger partial charge on any atom is -0.375 e. The molecule has 1 aliphatic carbocycles. The molecule has 0 radical (unpaired) electrons. The van der Waals surface area contributed by atoms with E-state index in [1.165, 1.54) is 25.7 Å². The van der Waals surface area contributed by atoms with Gasteiger partial charge < -0.3 is 14.8 Å². The Morgan fingerprint density at radius 1 is 1.20 bits per heavy atom. The van der Waals surface area contributed by atoms with Crippen molar-refractivity contribution >= 4 is 0 Å². The lowest BCUT2D eigenvalue weighted by molar-refractivity contribution is -0.185. The molecule has 118 valence electrons. The van der Waals surface area contributed by atoms with Gasteiger partial charge in [-0.05, 0) is 71.4 Å². The molecule has 2 unspecified atom stereocenters. The molecule has 0 bridgehead atoms. The van der Waals surface area contributed by atoms with Crippen LogP contribution in [-0.4, -0.2) is 37.0 Å². The van der Waals surface area contributed by atoms with Crippen LogP contribution in [0.25, 0.3) is 0 Å². The van der Waals surface area contributed by atoms with Gasteiger partial charge in [0, 0.05) is 0 Å². The number of ether oxygens (including phenoxy) is 2. The fraction of sp³-hybridized carbons (Fsp3) is 1.00. The van der Waals surface area contributed by atoms with Crippen LogP contribution in [0.1, 0.15) is 66.2 Å². The summed E-state index contributed by atoms with van der Waals surface area (Å²) in [6, 6.07) is 0. The summed E-state index contributed by atoms with van der Waals surface area (Å²) in [6.07, 6.45) is 8.21. The van der Waals surface area contributed by atoms with E-state index in [1.807, 2.05) is 0 Å². The van der Waals surface area contributed by atoms with Crippen molar-refractivity contribution in [2.24, 2.45) is 5.92 Å². The third-order valence-corrected chi connectivity index (χ3v) is 4.65. The molecule has 0 aromatic heterocycles. The van der Waals surface area contributed by atoms with Crippen molar-refractivity contribution in [2.45, 2.75) is 90.1 Å². The molecule has 0 aromatic carbocycles. The monoisotopic (exact) mass is 283 g/mol. The van der Waals surface area contributed by atoms with Crippen LogP contribution in [0.4, 0.5) is 0 Å². The molecule has 0 aromatic rings. The van der Waals surface area contributed by atoms with E-state index in [0.717, 1.165) is 31.8 Å². The zero-order chi connectivity index (χ0) is 14.6. The van der Waals surface area contributed by atoms with Gasteiger partial charge in [0.1, 0.15) is 0 Å². The van der Waals surface area contributed by atoms with Crippen molar-refractivity contribution in [1.82, 2.24) is 5.32 Å². The summed E-state index contributed by atoms with van der Waals surface area (Å²) in [5.74, 6) is 0.727. The van der Waals surface area contributed by atoms with Crippen molar-refractivity contribution in [2.75, 3.05) is 13.1 Å². The summed E-state index contributed by atoms with van der Waals surface area (Å²) < 4.78 is 12.4. The molecular formula is C17H33NO2. The SMILES string of the molecule is CC(C)CNCCC1(OC2CC(C)OC(C)C2)CCC1. The lowest BCUT2D eigenvalue weighted by Crippen LogP contribution is -2.48. The van der Waals surface area contributed by atoms with Crippen molar-refractivity contribution in [3.8, 4) is 0 Å². The standard InChI is InChI=1S/C17H33NO2/c1-13(2)12-18-9-8-17(6-5-7-17)20-16-10-14(3)19-15(4)11-16/h13-16,18H,5-12H2,1-4H3. The molecule has 0 amide bonds. The molecule has 2 atom stereocenters. The highest BCUT2D eigenvalue weighted by Crippen LogP contribution is 2.41. The highest BCUT2D eigenvalue weighted by atomic mass is 16.5. The van der Waals surface area contributed by atoms with Crippen LogP contribution in [0.2, 0.25) is 0 Å². The minimum absolute atomic E-state index is 0.172. The van der Waals surface area contributed by atoms with Crippen molar-refractivity contribution < 1.29 is 9.47 Å². The predicted octanol–water partition coefficient (Wildman–Crippen LogP) is 3.52. The van der Waals surface area contributed by atoms with Gasteiger partial charge in [0.2, 0.25) is 0 Å². The molecule has 2 aliphatic rings. The van der Waals surface area contributed by atoms with E-state index in [4.69, 9.17) is 9.47 Å². The first-order valence-electron chi connectivity index (χ1n) is 8.53.